The number of carbonyl (C=O) groups excluding carboxylic acids is 1. The van der Waals surface area contributed by atoms with Gasteiger partial charge in [-0.1, -0.05) is 18.2 Å². The lowest BCUT2D eigenvalue weighted by molar-refractivity contribution is 0.112. The Balaban J connectivity index is 2.62. The van der Waals surface area contributed by atoms with Crippen molar-refractivity contribution in [1.82, 2.24) is 9.55 Å². The van der Waals surface area contributed by atoms with Crippen molar-refractivity contribution in [3.05, 3.63) is 41.9 Å². The monoisotopic (exact) mass is 200 g/mol. The molecule has 0 bridgehead atoms. The summed E-state index contributed by atoms with van der Waals surface area (Å²) >= 11 is 0. The Hall–Kier alpha value is -1.90. The molecule has 1 heterocycles. The lowest BCUT2D eigenvalue weighted by Gasteiger charge is -2.03. The first kappa shape index (κ1) is 9.65. The van der Waals surface area contributed by atoms with Crippen molar-refractivity contribution >= 4 is 6.29 Å². The molecule has 0 spiro atoms. The third kappa shape index (κ3) is 1.68. The first-order chi connectivity index (χ1) is 7.22. The molecule has 0 amide bonds. The molecular weight excluding hydrogens is 188 g/mol. The van der Waals surface area contributed by atoms with Crippen molar-refractivity contribution in [2.45, 2.75) is 6.92 Å². The summed E-state index contributed by atoms with van der Waals surface area (Å²) in [6.45, 7) is 1.93. The predicted molar refractivity (Wildman–Crippen MR) is 58.8 cm³/mol. The Morgan fingerprint density at radius 2 is 2.20 bits per heavy atom. The van der Waals surface area contributed by atoms with Gasteiger partial charge in [0, 0.05) is 24.4 Å². The number of rotatable bonds is 2. The molecule has 76 valence electrons. The predicted octanol–water partition coefficient (Wildman–Crippen LogP) is 2.21. The number of aryl methyl sites for hydroxylation is 2. The van der Waals surface area contributed by atoms with Crippen LogP contribution in [0.2, 0.25) is 0 Å². The molecule has 0 atom stereocenters. The normalized spacial score (nSPS) is 10.3. The van der Waals surface area contributed by atoms with Crippen molar-refractivity contribution in [2.75, 3.05) is 0 Å². The van der Waals surface area contributed by atoms with E-state index < -0.39 is 0 Å². The third-order valence-corrected chi connectivity index (χ3v) is 2.42. The first-order valence-corrected chi connectivity index (χ1v) is 4.75. The Kier molecular flexibility index (Phi) is 2.37. The molecular formula is C12H12N2O. The van der Waals surface area contributed by atoms with E-state index >= 15 is 0 Å². The van der Waals surface area contributed by atoms with E-state index in [1.54, 1.807) is 6.33 Å². The summed E-state index contributed by atoms with van der Waals surface area (Å²) in [6, 6.07) is 5.78. The number of benzene rings is 1. The molecule has 0 radical (unpaired) electrons. The maximum absolute atomic E-state index is 11.0. The summed E-state index contributed by atoms with van der Waals surface area (Å²) in [5, 5.41) is 0. The van der Waals surface area contributed by atoms with Gasteiger partial charge >= 0.3 is 0 Å². The fourth-order valence-electron chi connectivity index (χ4n) is 1.61. The highest BCUT2D eigenvalue weighted by Gasteiger charge is 2.08. The minimum atomic E-state index is 0.719. The number of nitrogens with zero attached hydrogens (tertiary/aromatic N) is 2. The molecule has 0 aliphatic heterocycles. The van der Waals surface area contributed by atoms with Crippen molar-refractivity contribution in [3.63, 3.8) is 0 Å². The van der Waals surface area contributed by atoms with Crippen LogP contribution in [0, 0.1) is 6.92 Å². The van der Waals surface area contributed by atoms with E-state index in [2.05, 4.69) is 4.98 Å². The van der Waals surface area contributed by atoms with E-state index in [9.17, 15) is 4.79 Å². The highest BCUT2D eigenvalue weighted by molar-refractivity contribution is 5.88. The number of hydrogen-bond donors (Lipinski definition) is 0. The second kappa shape index (κ2) is 3.69. The highest BCUT2D eigenvalue weighted by Crippen LogP contribution is 2.22. The van der Waals surface area contributed by atoms with Crippen molar-refractivity contribution in [2.24, 2.45) is 7.05 Å². The Morgan fingerprint density at radius 1 is 1.40 bits per heavy atom. The lowest BCUT2D eigenvalue weighted by atomic mass is 10.0. The molecule has 1 aromatic heterocycles. The van der Waals surface area contributed by atoms with Gasteiger partial charge in [-0.2, -0.15) is 0 Å². The van der Waals surface area contributed by atoms with E-state index in [4.69, 9.17) is 0 Å². The van der Waals surface area contributed by atoms with Crippen LogP contribution in [0.25, 0.3) is 11.3 Å². The maximum atomic E-state index is 11.0. The standard InChI is InChI=1S/C12H12N2O/c1-9-4-3-5-10(11(9)7-15)12-6-14(2)8-13-12/h3-8H,1-2H3. The number of aldehydes is 1. The summed E-state index contributed by atoms with van der Waals surface area (Å²) in [5.41, 5.74) is 3.43. The zero-order chi connectivity index (χ0) is 10.8. The van der Waals surface area contributed by atoms with Gasteiger partial charge < -0.3 is 4.57 Å². The topological polar surface area (TPSA) is 34.9 Å². The van der Waals surface area contributed by atoms with Crippen LogP contribution in [0.5, 0.6) is 0 Å². The summed E-state index contributed by atoms with van der Waals surface area (Å²) in [5.74, 6) is 0. The SMILES string of the molecule is Cc1cccc(-c2cn(C)cn2)c1C=O. The molecule has 3 heteroatoms. The van der Waals surface area contributed by atoms with E-state index in [0.717, 1.165) is 28.7 Å². The van der Waals surface area contributed by atoms with E-state index in [-0.39, 0.29) is 0 Å². The quantitative estimate of drug-likeness (QED) is 0.696. The molecule has 2 rings (SSSR count). The van der Waals surface area contributed by atoms with E-state index in [0.29, 0.717) is 0 Å². The number of aromatic nitrogens is 2. The van der Waals surface area contributed by atoms with E-state index in [1.807, 2.05) is 42.9 Å². The summed E-state index contributed by atoms with van der Waals surface area (Å²) < 4.78 is 1.87. The van der Waals surface area contributed by atoms with Crippen molar-refractivity contribution < 1.29 is 4.79 Å². The second-order valence-electron chi connectivity index (χ2n) is 3.58. The lowest BCUT2D eigenvalue weighted by Crippen LogP contribution is -1.91. The van der Waals surface area contributed by atoms with Crippen LogP contribution in [0.15, 0.2) is 30.7 Å². The fraction of sp³-hybridized carbons (Fsp3) is 0.167. The Labute approximate surface area is 88.4 Å². The van der Waals surface area contributed by atoms with Crippen LogP contribution in [-0.2, 0) is 7.05 Å². The largest absolute Gasteiger partial charge is 0.340 e. The molecule has 0 aliphatic rings. The Bertz CT molecular complexity index is 500. The van der Waals surface area contributed by atoms with Crippen LogP contribution in [0.3, 0.4) is 0 Å². The zero-order valence-electron chi connectivity index (χ0n) is 8.77. The number of carbonyl (C=O) groups is 1. The molecule has 15 heavy (non-hydrogen) atoms. The molecule has 1 aromatic carbocycles. The molecule has 0 aliphatic carbocycles. The van der Waals surface area contributed by atoms with Gasteiger partial charge in [0.15, 0.2) is 6.29 Å². The van der Waals surface area contributed by atoms with E-state index in [1.165, 1.54) is 0 Å². The highest BCUT2D eigenvalue weighted by atomic mass is 16.1. The van der Waals surface area contributed by atoms with Crippen LogP contribution in [-0.4, -0.2) is 15.8 Å². The summed E-state index contributed by atoms with van der Waals surface area (Å²) in [4.78, 5) is 15.2. The second-order valence-corrected chi connectivity index (χ2v) is 3.58. The maximum Gasteiger partial charge on any atom is 0.150 e. The number of imidazole rings is 1. The first-order valence-electron chi connectivity index (χ1n) is 4.75. The summed E-state index contributed by atoms with van der Waals surface area (Å²) in [6.07, 6.45) is 4.52. The number of hydrogen-bond acceptors (Lipinski definition) is 2. The van der Waals surface area contributed by atoms with Crippen molar-refractivity contribution in [1.29, 1.82) is 0 Å². The molecule has 0 N–H and O–H groups in total. The van der Waals surface area contributed by atoms with Crippen molar-refractivity contribution in [3.8, 4) is 11.3 Å². The van der Waals surface area contributed by atoms with Gasteiger partial charge in [0.05, 0.1) is 12.0 Å². The zero-order valence-corrected chi connectivity index (χ0v) is 8.77. The minimum Gasteiger partial charge on any atom is -0.340 e. The van der Waals surface area contributed by atoms with Gasteiger partial charge in [-0.3, -0.25) is 4.79 Å². The molecule has 2 aromatic rings. The molecule has 0 fully saturated rings. The van der Waals surface area contributed by atoms with Crippen LogP contribution in [0.4, 0.5) is 0 Å². The average molecular weight is 200 g/mol. The van der Waals surface area contributed by atoms with Crippen LogP contribution < -0.4 is 0 Å². The smallest absolute Gasteiger partial charge is 0.150 e. The average Bonchev–Trinajstić information content (AvgIpc) is 2.64. The molecule has 0 saturated heterocycles. The van der Waals surface area contributed by atoms with Gasteiger partial charge in [-0.05, 0) is 12.5 Å². The van der Waals surface area contributed by atoms with Gasteiger partial charge in [0.25, 0.3) is 0 Å². The van der Waals surface area contributed by atoms with Gasteiger partial charge in [0.1, 0.15) is 0 Å². The van der Waals surface area contributed by atoms with Gasteiger partial charge in [0.2, 0.25) is 0 Å². The molecule has 0 saturated carbocycles. The molecule has 0 unspecified atom stereocenters. The third-order valence-electron chi connectivity index (χ3n) is 2.42. The fourth-order valence-corrected chi connectivity index (χ4v) is 1.61. The van der Waals surface area contributed by atoms with Gasteiger partial charge in [-0.15, -0.1) is 0 Å². The van der Waals surface area contributed by atoms with Crippen LogP contribution >= 0.6 is 0 Å². The van der Waals surface area contributed by atoms with Gasteiger partial charge in [-0.25, -0.2) is 4.98 Å². The minimum absolute atomic E-state index is 0.719. The summed E-state index contributed by atoms with van der Waals surface area (Å²) in [7, 11) is 1.91. The molecule has 3 nitrogen and oxygen atoms in total. The Morgan fingerprint density at radius 3 is 2.80 bits per heavy atom. The van der Waals surface area contributed by atoms with Crippen LogP contribution in [0.1, 0.15) is 15.9 Å².